The summed E-state index contributed by atoms with van der Waals surface area (Å²) in [5, 5.41) is 4.35. The molecule has 0 aliphatic carbocycles. The highest BCUT2D eigenvalue weighted by atomic mass is 32.1. The minimum Gasteiger partial charge on any atom is -0.451 e. The van der Waals surface area contributed by atoms with Crippen molar-refractivity contribution < 1.29 is 14.3 Å². The van der Waals surface area contributed by atoms with Crippen LogP contribution in [0.15, 0.2) is 65.5 Å². The van der Waals surface area contributed by atoms with Crippen molar-refractivity contribution in [2.75, 3.05) is 11.9 Å². The number of aromatic nitrogens is 1. The number of hydrogen-bond acceptors (Lipinski definition) is 5. The molecule has 0 spiro atoms. The number of amides is 1. The number of nitrogens with one attached hydrogen (secondary N) is 1. The maximum absolute atomic E-state index is 12.1. The molecule has 1 N–H and O–H groups in total. The number of thiazole rings is 1. The monoisotopic (exact) mass is 338 g/mol. The van der Waals surface area contributed by atoms with Gasteiger partial charge in [-0.15, -0.1) is 11.3 Å². The summed E-state index contributed by atoms with van der Waals surface area (Å²) in [4.78, 5) is 27.6. The summed E-state index contributed by atoms with van der Waals surface area (Å²) in [6.45, 7) is -0.362. The number of nitrogens with zero attached hydrogens (tertiary/aromatic N) is 1. The number of ether oxygens (including phenoxy) is 1. The van der Waals surface area contributed by atoms with Gasteiger partial charge in [0, 0.05) is 16.6 Å². The van der Waals surface area contributed by atoms with Crippen LogP contribution in [0.1, 0.15) is 10.5 Å². The Hall–Kier alpha value is -2.99. The van der Waals surface area contributed by atoms with Crippen LogP contribution in [0.25, 0.3) is 11.1 Å². The topological polar surface area (TPSA) is 68.3 Å². The van der Waals surface area contributed by atoms with Gasteiger partial charge in [-0.3, -0.25) is 4.79 Å². The zero-order chi connectivity index (χ0) is 16.8. The van der Waals surface area contributed by atoms with E-state index in [0.717, 1.165) is 11.1 Å². The molecule has 2 aromatic carbocycles. The van der Waals surface area contributed by atoms with Crippen molar-refractivity contribution in [3.63, 3.8) is 0 Å². The van der Waals surface area contributed by atoms with Crippen LogP contribution in [0.4, 0.5) is 5.69 Å². The first-order chi connectivity index (χ1) is 11.7. The number of carbonyl (C=O) groups is 2. The van der Waals surface area contributed by atoms with E-state index in [-0.39, 0.29) is 12.3 Å². The van der Waals surface area contributed by atoms with Gasteiger partial charge in [0.2, 0.25) is 0 Å². The Kier molecular flexibility index (Phi) is 4.98. The van der Waals surface area contributed by atoms with Crippen molar-refractivity contribution in [2.24, 2.45) is 0 Å². The molecule has 0 atom stereocenters. The molecular weight excluding hydrogens is 324 g/mol. The molecule has 1 amide bonds. The largest absolute Gasteiger partial charge is 0.451 e. The van der Waals surface area contributed by atoms with Gasteiger partial charge in [-0.2, -0.15) is 0 Å². The number of anilines is 1. The summed E-state index contributed by atoms with van der Waals surface area (Å²) in [6.07, 6.45) is 0. The van der Waals surface area contributed by atoms with E-state index in [1.807, 2.05) is 54.6 Å². The first-order valence-corrected chi connectivity index (χ1v) is 8.18. The molecule has 0 aliphatic rings. The molecule has 120 valence electrons. The Morgan fingerprint density at radius 1 is 1.04 bits per heavy atom. The molecule has 5 nitrogen and oxygen atoms in total. The zero-order valence-electron chi connectivity index (χ0n) is 12.6. The maximum atomic E-state index is 12.1. The third kappa shape index (κ3) is 3.85. The lowest BCUT2D eigenvalue weighted by atomic mass is 10.0. The van der Waals surface area contributed by atoms with E-state index >= 15 is 0 Å². The van der Waals surface area contributed by atoms with Crippen LogP contribution < -0.4 is 5.32 Å². The smallest absolute Gasteiger partial charge is 0.358 e. The fourth-order valence-electron chi connectivity index (χ4n) is 2.17. The van der Waals surface area contributed by atoms with Crippen molar-refractivity contribution in [3.8, 4) is 11.1 Å². The first kappa shape index (κ1) is 15.9. The van der Waals surface area contributed by atoms with Crippen LogP contribution in [-0.2, 0) is 9.53 Å². The van der Waals surface area contributed by atoms with Gasteiger partial charge in [0.1, 0.15) is 0 Å². The Balaban J connectivity index is 1.66. The number of hydrogen-bond donors (Lipinski definition) is 1. The Morgan fingerprint density at radius 2 is 1.79 bits per heavy atom. The molecule has 0 unspecified atom stereocenters. The minimum absolute atomic E-state index is 0.206. The molecular formula is C18H14N2O3S. The summed E-state index contributed by atoms with van der Waals surface area (Å²) >= 11 is 1.29. The predicted molar refractivity (Wildman–Crippen MR) is 92.9 cm³/mol. The Morgan fingerprint density at radius 3 is 2.54 bits per heavy atom. The fraction of sp³-hybridized carbons (Fsp3) is 0.0556. The molecule has 24 heavy (non-hydrogen) atoms. The lowest BCUT2D eigenvalue weighted by Crippen LogP contribution is -2.21. The molecule has 0 fully saturated rings. The van der Waals surface area contributed by atoms with E-state index in [9.17, 15) is 9.59 Å². The summed E-state index contributed by atoms with van der Waals surface area (Å²) in [6, 6.07) is 17.2. The lowest BCUT2D eigenvalue weighted by molar-refractivity contribution is -0.119. The molecule has 0 saturated heterocycles. The van der Waals surface area contributed by atoms with Crippen molar-refractivity contribution in [1.82, 2.24) is 4.98 Å². The molecule has 3 rings (SSSR count). The van der Waals surface area contributed by atoms with E-state index in [1.165, 1.54) is 16.8 Å². The van der Waals surface area contributed by atoms with E-state index in [0.29, 0.717) is 5.69 Å². The van der Waals surface area contributed by atoms with E-state index in [1.54, 1.807) is 5.38 Å². The fourth-order valence-corrected chi connectivity index (χ4v) is 2.69. The molecule has 3 aromatic rings. The van der Waals surface area contributed by atoms with Crippen LogP contribution in [-0.4, -0.2) is 23.5 Å². The van der Waals surface area contributed by atoms with Gasteiger partial charge in [-0.1, -0.05) is 48.5 Å². The molecule has 0 bridgehead atoms. The SMILES string of the molecule is O=C(COC(=O)c1cscn1)Nc1ccccc1-c1ccccc1. The second kappa shape index (κ2) is 7.52. The summed E-state index contributed by atoms with van der Waals surface area (Å²) < 4.78 is 4.96. The molecule has 6 heteroatoms. The van der Waals surface area contributed by atoms with Gasteiger partial charge < -0.3 is 10.1 Å². The predicted octanol–water partition coefficient (Wildman–Crippen LogP) is 3.61. The van der Waals surface area contributed by atoms with Gasteiger partial charge in [0.05, 0.1) is 5.51 Å². The second-order valence-corrected chi connectivity index (χ2v) is 5.63. The van der Waals surface area contributed by atoms with Gasteiger partial charge >= 0.3 is 5.97 Å². The van der Waals surface area contributed by atoms with Gasteiger partial charge in [0.25, 0.3) is 5.91 Å². The standard InChI is InChI=1S/C18H14N2O3S/c21-17(10-23-18(22)16-11-24-12-19-16)20-15-9-5-4-8-14(15)13-6-2-1-3-7-13/h1-9,11-12H,10H2,(H,20,21). The molecule has 0 radical (unpaired) electrons. The highest BCUT2D eigenvalue weighted by molar-refractivity contribution is 7.07. The normalized spacial score (nSPS) is 10.2. The third-order valence-electron chi connectivity index (χ3n) is 3.26. The maximum Gasteiger partial charge on any atom is 0.358 e. The highest BCUT2D eigenvalue weighted by Gasteiger charge is 2.13. The lowest BCUT2D eigenvalue weighted by Gasteiger charge is -2.11. The van der Waals surface area contributed by atoms with E-state index in [4.69, 9.17) is 4.74 Å². The Bertz CT molecular complexity index is 832. The van der Waals surface area contributed by atoms with Crippen molar-refractivity contribution in [1.29, 1.82) is 0 Å². The summed E-state index contributed by atoms with van der Waals surface area (Å²) in [7, 11) is 0. The summed E-state index contributed by atoms with van der Waals surface area (Å²) in [5.41, 5.74) is 4.30. The zero-order valence-corrected chi connectivity index (χ0v) is 13.5. The number of carbonyl (C=O) groups excluding carboxylic acids is 2. The van der Waals surface area contributed by atoms with Crippen molar-refractivity contribution in [2.45, 2.75) is 0 Å². The van der Waals surface area contributed by atoms with E-state index < -0.39 is 11.9 Å². The van der Waals surface area contributed by atoms with Crippen molar-refractivity contribution >= 4 is 28.9 Å². The minimum atomic E-state index is -0.609. The van der Waals surface area contributed by atoms with Gasteiger partial charge in [-0.25, -0.2) is 9.78 Å². The van der Waals surface area contributed by atoms with Crippen LogP contribution in [0.3, 0.4) is 0 Å². The number of rotatable bonds is 5. The number of benzene rings is 2. The highest BCUT2D eigenvalue weighted by Crippen LogP contribution is 2.27. The molecule has 0 aliphatic heterocycles. The Labute approximate surface area is 142 Å². The van der Waals surface area contributed by atoms with Crippen LogP contribution >= 0.6 is 11.3 Å². The second-order valence-electron chi connectivity index (χ2n) is 4.91. The van der Waals surface area contributed by atoms with Crippen LogP contribution in [0, 0.1) is 0 Å². The van der Waals surface area contributed by atoms with Crippen LogP contribution in [0.5, 0.6) is 0 Å². The molecule has 1 aromatic heterocycles. The quantitative estimate of drug-likeness (QED) is 0.722. The van der Waals surface area contributed by atoms with Crippen molar-refractivity contribution in [3.05, 3.63) is 71.2 Å². The average Bonchev–Trinajstić information content (AvgIpc) is 3.16. The van der Waals surface area contributed by atoms with Crippen LogP contribution in [0.2, 0.25) is 0 Å². The number of para-hydroxylation sites is 1. The molecule has 1 heterocycles. The average molecular weight is 338 g/mol. The number of esters is 1. The molecule has 0 saturated carbocycles. The summed E-state index contributed by atoms with van der Waals surface area (Å²) in [5.74, 6) is -1.01. The third-order valence-corrected chi connectivity index (χ3v) is 3.85. The van der Waals surface area contributed by atoms with Gasteiger partial charge in [0.15, 0.2) is 12.3 Å². The van der Waals surface area contributed by atoms with E-state index in [2.05, 4.69) is 10.3 Å². The first-order valence-electron chi connectivity index (χ1n) is 7.23. The van der Waals surface area contributed by atoms with Gasteiger partial charge in [-0.05, 0) is 11.6 Å².